The highest BCUT2D eigenvalue weighted by atomic mass is 32.2. The van der Waals surface area contributed by atoms with Gasteiger partial charge in [0.1, 0.15) is 11.4 Å². The summed E-state index contributed by atoms with van der Waals surface area (Å²) in [5.41, 5.74) is 13.9. The average Bonchev–Trinajstić information content (AvgIpc) is 1.82. The van der Waals surface area contributed by atoms with Gasteiger partial charge in [-0.05, 0) is 139 Å². The lowest BCUT2D eigenvalue weighted by Gasteiger charge is -2.23. The van der Waals surface area contributed by atoms with Crippen LogP contribution in [0.1, 0.15) is 104 Å². The highest BCUT2D eigenvalue weighted by Crippen LogP contribution is 2.40. The van der Waals surface area contributed by atoms with Crippen LogP contribution in [0.25, 0.3) is 12.2 Å². The topological polar surface area (TPSA) is 429 Å². The van der Waals surface area contributed by atoms with Gasteiger partial charge in [0.25, 0.3) is 11.8 Å². The lowest BCUT2D eigenvalue weighted by Crippen LogP contribution is -2.21. The van der Waals surface area contributed by atoms with Gasteiger partial charge in [-0.15, -0.1) is 33.1 Å². The van der Waals surface area contributed by atoms with Crippen molar-refractivity contribution in [1.29, 1.82) is 0 Å². The van der Waals surface area contributed by atoms with Gasteiger partial charge in [0.05, 0.1) is 32.3 Å². The fraction of sp³-hybridized carbons (Fsp3) is 0.271. The molecular formula is C59H63N17O12S5. The number of nitrogens with two attached hydrogens (primary N) is 2. The van der Waals surface area contributed by atoms with E-state index in [-0.39, 0.29) is 66.0 Å². The number of Topliss-reactive ketones (excluding diaryl/α,β-unsaturated/α-hetero) is 2. The summed E-state index contributed by atoms with van der Waals surface area (Å²) >= 11 is 3.25. The quantitative estimate of drug-likeness (QED) is 0.00826. The lowest BCUT2D eigenvalue weighted by molar-refractivity contribution is -0.120. The van der Waals surface area contributed by atoms with Gasteiger partial charge in [0.15, 0.2) is 16.7 Å². The first kappa shape index (κ1) is 70.6. The molecule has 0 spiro atoms. The molecule has 7 aromatic rings. The predicted molar refractivity (Wildman–Crippen MR) is 356 cm³/mol. The summed E-state index contributed by atoms with van der Waals surface area (Å²) in [5.74, 6) is -4.09. The predicted octanol–water partition coefficient (Wildman–Crippen LogP) is 10.9. The highest BCUT2D eigenvalue weighted by Gasteiger charge is 2.26. The SMILES string of the molecule is CCN(CC)c1ccc(N=Nc2ncc(/C=C(\C(C)=O)C(=O)Nc3cccc(C(N)=O)c3)s2)c(Nc2nc(Nc3cc(N(CC)CC)ccc3N=Nc3nc(S(=O)(=O)O)c(/C=C(/C(C)=O)C(=O)Nc4cccc(C(N)=O)c4)s3)nc(SC3CCCCC3)n2)c1.O=S(=O)=O. The number of amides is 4. The molecule has 4 amide bonds. The summed E-state index contributed by atoms with van der Waals surface area (Å²) in [6.45, 7) is 13.1. The zero-order valence-electron chi connectivity index (χ0n) is 50.8. The molecule has 4 aromatic carbocycles. The minimum atomic E-state index is -5.06. The van der Waals surface area contributed by atoms with Crippen molar-refractivity contribution >= 4 is 170 Å². The third kappa shape index (κ3) is 20.3. The first-order chi connectivity index (χ1) is 44.3. The van der Waals surface area contributed by atoms with Crippen LogP contribution in [0.3, 0.4) is 0 Å². The molecule has 8 rings (SSSR count). The van der Waals surface area contributed by atoms with Crippen molar-refractivity contribution in [3.05, 3.63) is 123 Å². The molecule has 34 heteroatoms. The second-order valence-electron chi connectivity index (χ2n) is 20.0. The fourth-order valence-electron chi connectivity index (χ4n) is 9.12. The first-order valence-corrected chi connectivity index (χ1v) is 33.5. The van der Waals surface area contributed by atoms with Crippen LogP contribution in [0.2, 0.25) is 0 Å². The Kier molecular flexibility index (Phi) is 25.0. The summed E-state index contributed by atoms with van der Waals surface area (Å²) in [6.07, 6.45) is 8.99. The van der Waals surface area contributed by atoms with Crippen molar-refractivity contribution in [2.75, 3.05) is 57.2 Å². The summed E-state index contributed by atoms with van der Waals surface area (Å²) < 4.78 is 61.2. The molecule has 3 heterocycles. The van der Waals surface area contributed by atoms with E-state index in [0.717, 1.165) is 67.8 Å². The van der Waals surface area contributed by atoms with Gasteiger partial charge in [-0.1, -0.05) is 65.8 Å². The molecule has 9 N–H and O–H groups in total. The number of primary amides is 2. The molecule has 0 bridgehead atoms. The molecule has 93 heavy (non-hydrogen) atoms. The number of aromatic nitrogens is 5. The van der Waals surface area contributed by atoms with Crippen molar-refractivity contribution in [3.63, 3.8) is 0 Å². The van der Waals surface area contributed by atoms with Gasteiger partial charge < -0.3 is 42.5 Å². The Hall–Kier alpha value is -9.87. The third-order valence-corrected chi connectivity index (χ3v) is 17.5. The molecule has 1 aliphatic carbocycles. The van der Waals surface area contributed by atoms with Crippen LogP contribution in [0, 0.1) is 0 Å². The molecule has 0 atom stereocenters. The number of ketones is 2. The number of carbonyl (C=O) groups excluding carboxylic acids is 6. The highest BCUT2D eigenvalue weighted by molar-refractivity contribution is 7.99. The van der Waals surface area contributed by atoms with Crippen LogP contribution in [-0.4, -0.2) is 117 Å². The van der Waals surface area contributed by atoms with E-state index in [0.29, 0.717) is 64.6 Å². The van der Waals surface area contributed by atoms with Gasteiger partial charge in [-0.25, -0.2) is 9.97 Å². The molecule has 486 valence electrons. The number of rotatable bonds is 27. The molecule has 1 fully saturated rings. The molecule has 1 saturated carbocycles. The number of hydrogen-bond acceptors (Lipinski definition) is 27. The lowest BCUT2D eigenvalue weighted by atomic mass is 10.0. The maximum atomic E-state index is 13.5. The Morgan fingerprint density at radius 3 is 1.57 bits per heavy atom. The number of nitrogens with one attached hydrogen (secondary N) is 4. The first-order valence-electron chi connectivity index (χ1n) is 28.5. The fourth-order valence-corrected chi connectivity index (χ4v) is 12.7. The van der Waals surface area contributed by atoms with Crippen LogP contribution < -0.4 is 42.5 Å². The number of benzene rings is 4. The second-order valence-corrected chi connectivity index (χ2v) is 25.0. The molecule has 0 aliphatic heterocycles. The Morgan fingerprint density at radius 1 is 0.645 bits per heavy atom. The van der Waals surface area contributed by atoms with E-state index < -0.39 is 66.5 Å². The van der Waals surface area contributed by atoms with Crippen LogP contribution in [0.5, 0.6) is 0 Å². The largest absolute Gasteiger partial charge is 0.425 e. The second kappa shape index (κ2) is 32.9. The van der Waals surface area contributed by atoms with E-state index in [9.17, 15) is 41.7 Å². The minimum absolute atomic E-state index is 0.0867. The van der Waals surface area contributed by atoms with E-state index in [2.05, 4.69) is 61.5 Å². The van der Waals surface area contributed by atoms with Gasteiger partial charge >= 0.3 is 20.7 Å². The molecular weight excluding hydrogens is 1300 g/mol. The Balaban J connectivity index is 0.00000297. The van der Waals surface area contributed by atoms with Crippen LogP contribution in [0.4, 0.5) is 67.7 Å². The van der Waals surface area contributed by atoms with E-state index >= 15 is 0 Å². The Labute approximate surface area is 547 Å². The van der Waals surface area contributed by atoms with Crippen molar-refractivity contribution in [2.24, 2.45) is 31.9 Å². The summed E-state index contributed by atoms with van der Waals surface area (Å²) in [5, 5.41) is 29.4. The smallest absolute Gasteiger partial charge is 0.372 e. The van der Waals surface area contributed by atoms with Gasteiger partial charge in [-0.3, -0.25) is 33.3 Å². The number of thiazole rings is 2. The van der Waals surface area contributed by atoms with Gasteiger partial charge in [0, 0.05) is 71.5 Å². The maximum absolute atomic E-state index is 13.5. The molecule has 29 nitrogen and oxygen atoms in total. The van der Waals surface area contributed by atoms with Crippen LogP contribution in [0.15, 0.2) is 133 Å². The average molecular weight is 1360 g/mol. The van der Waals surface area contributed by atoms with Crippen molar-refractivity contribution in [1.82, 2.24) is 24.9 Å². The molecule has 0 radical (unpaired) electrons. The summed E-state index contributed by atoms with van der Waals surface area (Å²) in [4.78, 5) is 104. The zero-order valence-corrected chi connectivity index (χ0v) is 54.9. The number of anilines is 8. The Morgan fingerprint density at radius 2 is 1.12 bits per heavy atom. The van der Waals surface area contributed by atoms with E-state index in [1.54, 1.807) is 24.3 Å². The number of nitrogens with zero attached hydrogens (tertiary/aromatic N) is 11. The Bertz CT molecular complexity index is 4330. The van der Waals surface area contributed by atoms with Crippen molar-refractivity contribution in [3.8, 4) is 0 Å². The van der Waals surface area contributed by atoms with E-state index in [1.165, 1.54) is 67.4 Å². The number of hydrogen-bond donors (Lipinski definition) is 7. The normalized spacial score (nSPS) is 12.8. The third-order valence-electron chi connectivity index (χ3n) is 13.6. The maximum Gasteiger partial charge on any atom is 0.425 e. The number of azo groups is 2. The number of thioether (sulfide) groups is 1. The van der Waals surface area contributed by atoms with Gasteiger partial charge in [-0.2, -0.15) is 23.4 Å². The molecule has 1 aliphatic rings. The molecule has 0 unspecified atom stereocenters. The summed E-state index contributed by atoms with van der Waals surface area (Å²) in [7, 11) is -8.17. The molecule has 3 aromatic heterocycles. The van der Waals surface area contributed by atoms with Crippen molar-refractivity contribution in [2.45, 2.75) is 89.1 Å². The number of carbonyl (C=O) groups is 6. The van der Waals surface area contributed by atoms with Crippen LogP contribution in [-0.2, 0) is 39.9 Å². The zero-order chi connectivity index (χ0) is 67.5. The molecule has 0 saturated heterocycles. The van der Waals surface area contributed by atoms with E-state index in [1.807, 2.05) is 52.0 Å². The van der Waals surface area contributed by atoms with Gasteiger partial charge in [0.2, 0.25) is 39.0 Å². The minimum Gasteiger partial charge on any atom is -0.372 e. The summed E-state index contributed by atoms with van der Waals surface area (Å²) in [6, 6.07) is 22.7. The monoisotopic (exact) mass is 1360 g/mol. The van der Waals surface area contributed by atoms with Crippen molar-refractivity contribution < 1.29 is 54.4 Å². The van der Waals surface area contributed by atoms with Crippen LogP contribution >= 0.6 is 34.4 Å². The standard InChI is InChI=1S/C59H63N17O9S4.O3S/c1-7-75(8-2)39-22-24-45(71-73-57-62-32-42(87-57)30-43(33(5)77)52(81)63-37-18-14-16-35(26-37)50(60)79)47(28-39)65-55-68-56(70-58(69-55)86-41-20-12-11-13-21-41)66-48-29-40(76(9-3)10-4)23-25-46(48)72-74-59-67-54(89(83,84)85)49(88-59)31-44(34(6)78)53(82)64-38-19-15-17-36(27-38)51(61)80;1-4(2)3/h14-19,22-32,41H,7-13,20-21H2,1-6H3,(H2,60,79)(H2,61,80)(H,63,81)(H,64,82)(H,83,84,85)(H2,65,66,68,69,70);/b43-30+,44-31-,73-71?,74-72?;. The van der Waals surface area contributed by atoms with E-state index in [4.69, 9.17) is 39.0 Å².